The van der Waals surface area contributed by atoms with E-state index in [0.29, 0.717) is 18.2 Å². The number of rotatable bonds is 6. The molecule has 3 atom stereocenters. The van der Waals surface area contributed by atoms with Crippen LogP contribution in [0, 0.1) is 19.8 Å². The lowest BCUT2D eigenvalue weighted by molar-refractivity contribution is -0.101. The molecule has 0 N–H and O–H groups in total. The lowest BCUT2D eigenvalue weighted by atomic mass is 9.99. The second-order valence-corrected chi connectivity index (χ2v) is 7.48. The molecule has 0 radical (unpaired) electrons. The Morgan fingerprint density at radius 1 is 1.13 bits per heavy atom. The van der Waals surface area contributed by atoms with Crippen molar-refractivity contribution >= 4 is 0 Å². The van der Waals surface area contributed by atoms with Crippen LogP contribution >= 0.6 is 0 Å². The van der Waals surface area contributed by atoms with Gasteiger partial charge in [0.25, 0.3) is 0 Å². The largest absolute Gasteiger partial charge is 0.378 e. The predicted octanol–water partition coefficient (Wildman–Crippen LogP) is 2.84. The van der Waals surface area contributed by atoms with Gasteiger partial charge in [0, 0.05) is 31.3 Å². The summed E-state index contributed by atoms with van der Waals surface area (Å²) in [5, 5.41) is 4.08. The standard InChI is InChI=1S/C18H28N2O3/c1-12-16(13(2)23-19-12)9-20-8-7-18-17(20)6-5-15(22-18)11-21-10-14-3-4-14/h14-15,17-18H,3-11H2,1-2H3/t15-,17+,18+/m1/s1. The molecule has 0 amide bonds. The van der Waals surface area contributed by atoms with E-state index in [4.69, 9.17) is 14.0 Å². The van der Waals surface area contributed by atoms with Crippen molar-refractivity contribution in [2.45, 2.75) is 70.7 Å². The number of fused-ring (bicyclic) bond motifs is 1. The fraction of sp³-hybridized carbons (Fsp3) is 0.833. The predicted molar refractivity (Wildman–Crippen MR) is 86.2 cm³/mol. The van der Waals surface area contributed by atoms with Crippen molar-refractivity contribution < 1.29 is 14.0 Å². The molecule has 0 unspecified atom stereocenters. The minimum atomic E-state index is 0.300. The number of hydrogen-bond acceptors (Lipinski definition) is 5. The third kappa shape index (κ3) is 3.47. The van der Waals surface area contributed by atoms with E-state index in [-0.39, 0.29) is 0 Å². The molecule has 128 valence electrons. The summed E-state index contributed by atoms with van der Waals surface area (Å²) in [7, 11) is 0. The molecule has 2 saturated heterocycles. The molecule has 23 heavy (non-hydrogen) atoms. The second-order valence-electron chi connectivity index (χ2n) is 7.48. The van der Waals surface area contributed by atoms with E-state index in [1.807, 2.05) is 13.8 Å². The molecule has 5 heteroatoms. The molecule has 3 fully saturated rings. The van der Waals surface area contributed by atoms with Crippen LogP contribution in [0.4, 0.5) is 0 Å². The Morgan fingerprint density at radius 2 is 2.00 bits per heavy atom. The highest BCUT2D eigenvalue weighted by atomic mass is 16.5. The first-order chi connectivity index (χ1) is 11.2. The fourth-order valence-electron chi connectivity index (χ4n) is 3.99. The summed E-state index contributed by atoms with van der Waals surface area (Å²) in [6, 6.07) is 0.545. The number of nitrogens with zero attached hydrogens (tertiary/aromatic N) is 2. The molecule has 1 aliphatic carbocycles. The average Bonchev–Trinajstić information content (AvgIpc) is 3.21. The van der Waals surface area contributed by atoms with Crippen molar-refractivity contribution in [1.29, 1.82) is 0 Å². The highest BCUT2D eigenvalue weighted by Gasteiger charge is 2.40. The summed E-state index contributed by atoms with van der Waals surface area (Å²) in [6.07, 6.45) is 6.84. The van der Waals surface area contributed by atoms with Gasteiger partial charge < -0.3 is 14.0 Å². The first-order valence-electron chi connectivity index (χ1n) is 9.09. The summed E-state index contributed by atoms with van der Waals surface area (Å²) >= 11 is 0. The van der Waals surface area contributed by atoms with Crippen molar-refractivity contribution in [3.05, 3.63) is 17.0 Å². The number of aryl methyl sites for hydroxylation is 2. The Balaban J connectivity index is 1.29. The Bertz CT molecular complexity index is 521. The maximum Gasteiger partial charge on any atom is 0.138 e. The van der Waals surface area contributed by atoms with Crippen molar-refractivity contribution in [2.24, 2.45) is 5.92 Å². The van der Waals surface area contributed by atoms with E-state index in [0.717, 1.165) is 56.5 Å². The quantitative estimate of drug-likeness (QED) is 0.806. The molecule has 1 aromatic rings. The van der Waals surface area contributed by atoms with E-state index >= 15 is 0 Å². The van der Waals surface area contributed by atoms with Crippen LogP contribution in [-0.2, 0) is 16.0 Å². The van der Waals surface area contributed by atoms with Gasteiger partial charge in [-0.2, -0.15) is 0 Å². The highest BCUT2D eigenvalue weighted by Crippen LogP contribution is 2.34. The Kier molecular flexibility index (Phi) is 4.43. The Hall–Kier alpha value is -0.910. The van der Waals surface area contributed by atoms with Gasteiger partial charge in [0.05, 0.1) is 24.5 Å². The third-order valence-corrected chi connectivity index (χ3v) is 5.65. The second kappa shape index (κ2) is 6.54. The lowest BCUT2D eigenvalue weighted by Gasteiger charge is -2.36. The molecule has 3 heterocycles. The molecule has 1 saturated carbocycles. The first kappa shape index (κ1) is 15.6. The Labute approximate surface area is 138 Å². The summed E-state index contributed by atoms with van der Waals surface area (Å²) in [5.41, 5.74) is 2.27. The topological polar surface area (TPSA) is 47.7 Å². The van der Waals surface area contributed by atoms with Crippen LogP contribution in [0.3, 0.4) is 0 Å². The first-order valence-corrected chi connectivity index (χ1v) is 9.09. The zero-order chi connectivity index (χ0) is 15.8. The van der Waals surface area contributed by atoms with Gasteiger partial charge in [0.2, 0.25) is 0 Å². The van der Waals surface area contributed by atoms with Crippen LogP contribution in [-0.4, -0.2) is 48.1 Å². The van der Waals surface area contributed by atoms with E-state index in [1.54, 1.807) is 0 Å². The number of hydrogen-bond donors (Lipinski definition) is 0. The molecule has 5 nitrogen and oxygen atoms in total. The van der Waals surface area contributed by atoms with Gasteiger partial charge in [-0.3, -0.25) is 4.90 Å². The molecule has 1 aromatic heterocycles. The zero-order valence-corrected chi connectivity index (χ0v) is 14.3. The number of aromatic nitrogens is 1. The van der Waals surface area contributed by atoms with Crippen LogP contribution < -0.4 is 0 Å². The van der Waals surface area contributed by atoms with Crippen molar-refractivity contribution in [3.8, 4) is 0 Å². The summed E-state index contributed by atoms with van der Waals surface area (Å²) in [6.45, 7) is 7.80. The van der Waals surface area contributed by atoms with Crippen LogP contribution in [0.15, 0.2) is 4.52 Å². The van der Waals surface area contributed by atoms with Crippen LogP contribution in [0.1, 0.15) is 49.1 Å². The Morgan fingerprint density at radius 3 is 2.74 bits per heavy atom. The van der Waals surface area contributed by atoms with Crippen molar-refractivity contribution in [3.63, 3.8) is 0 Å². The number of likely N-dealkylation sites (tertiary alicyclic amines) is 1. The lowest BCUT2D eigenvalue weighted by Crippen LogP contribution is -2.43. The van der Waals surface area contributed by atoms with Gasteiger partial charge in [-0.1, -0.05) is 5.16 Å². The SMILES string of the molecule is Cc1noc(C)c1CN1CC[C@@H]2O[C@@H](COCC3CC3)CC[C@@H]21. The van der Waals surface area contributed by atoms with Crippen LogP contribution in [0.2, 0.25) is 0 Å². The molecule has 4 rings (SSSR count). The van der Waals surface area contributed by atoms with Gasteiger partial charge in [-0.05, 0) is 51.9 Å². The van der Waals surface area contributed by atoms with E-state index in [1.165, 1.54) is 24.8 Å². The summed E-state index contributed by atoms with van der Waals surface area (Å²) < 4.78 is 17.4. The zero-order valence-electron chi connectivity index (χ0n) is 14.3. The average molecular weight is 320 g/mol. The third-order valence-electron chi connectivity index (χ3n) is 5.65. The highest BCUT2D eigenvalue weighted by molar-refractivity contribution is 5.21. The molecule has 0 bridgehead atoms. The maximum atomic E-state index is 6.32. The molecular weight excluding hydrogens is 292 g/mol. The van der Waals surface area contributed by atoms with E-state index in [2.05, 4.69) is 10.1 Å². The maximum absolute atomic E-state index is 6.32. The molecule has 0 aromatic carbocycles. The van der Waals surface area contributed by atoms with Gasteiger partial charge in [0.15, 0.2) is 0 Å². The normalized spacial score (nSPS) is 31.5. The minimum Gasteiger partial charge on any atom is -0.378 e. The van der Waals surface area contributed by atoms with Crippen LogP contribution in [0.5, 0.6) is 0 Å². The number of ether oxygens (including phenoxy) is 2. The van der Waals surface area contributed by atoms with Crippen LogP contribution in [0.25, 0.3) is 0 Å². The van der Waals surface area contributed by atoms with Gasteiger partial charge in [-0.15, -0.1) is 0 Å². The molecule has 2 aliphatic heterocycles. The fourth-order valence-corrected chi connectivity index (χ4v) is 3.99. The molecular formula is C18H28N2O3. The summed E-state index contributed by atoms with van der Waals surface area (Å²) in [5.74, 6) is 1.79. The van der Waals surface area contributed by atoms with Gasteiger partial charge in [0.1, 0.15) is 5.76 Å². The smallest absolute Gasteiger partial charge is 0.138 e. The van der Waals surface area contributed by atoms with E-state index < -0.39 is 0 Å². The minimum absolute atomic E-state index is 0.300. The monoisotopic (exact) mass is 320 g/mol. The van der Waals surface area contributed by atoms with Crippen molar-refractivity contribution in [2.75, 3.05) is 19.8 Å². The molecule has 3 aliphatic rings. The van der Waals surface area contributed by atoms with Gasteiger partial charge in [-0.25, -0.2) is 0 Å². The molecule has 0 spiro atoms. The van der Waals surface area contributed by atoms with E-state index in [9.17, 15) is 0 Å². The van der Waals surface area contributed by atoms with Gasteiger partial charge >= 0.3 is 0 Å². The summed E-state index contributed by atoms with van der Waals surface area (Å²) in [4.78, 5) is 2.55. The van der Waals surface area contributed by atoms with Crippen molar-refractivity contribution in [1.82, 2.24) is 10.1 Å².